The third-order valence-corrected chi connectivity index (χ3v) is 2.46. The monoisotopic (exact) mass is 244 g/mol. The van der Waals surface area contributed by atoms with Crippen LogP contribution in [0.25, 0.3) is 5.76 Å². The Morgan fingerprint density at radius 2 is 2.11 bits per heavy atom. The van der Waals surface area contributed by atoms with Crippen LogP contribution in [0.15, 0.2) is 47.1 Å². The average molecular weight is 244 g/mol. The molecule has 0 aliphatic heterocycles. The van der Waals surface area contributed by atoms with E-state index in [1.807, 2.05) is 6.92 Å². The Morgan fingerprint density at radius 1 is 1.33 bits per heavy atom. The maximum Gasteiger partial charge on any atom is 0.224 e. The zero-order valence-electron chi connectivity index (χ0n) is 9.75. The number of allylic oxidation sites excluding steroid dienone is 1. The van der Waals surface area contributed by atoms with Gasteiger partial charge < -0.3 is 14.6 Å². The number of carbonyl (C=O) groups excluding carboxylic acids is 1. The summed E-state index contributed by atoms with van der Waals surface area (Å²) in [6, 6.07) is 7.88. The van der Waals surface area contributed by atoms with Crippen molar-refractivity contribution in [2.75, 3.05) is 0 Å². The molecule has 18 heavy (non-hydrogen) atoms. The molecule has 2 aromatic rings. The van der Waals surface area contributed by atoms with Crippen LogP contribution in [0.4, 0.5) is 0 Å². The van der Waals surface area contributed by atoms with Crippen molar-refractivity contribution in [2.45, 2.75) is 6.92 Å². The van der Waals surface area contributed by atoms with Crippen LogP contribution in [-0.2, 0) is 0 Å². The molecule has 2 rings (SSSR count). The van der Waals surface area contributed by atoms with Gasteiger partial charge in [-0.1, -0.05) is 6.07 Å². The smallest absolute Gasteiger partial charge is 0.224 e. The van der Waals surface area contributed by atoms with Gasteiger partial charge >= 0.3 is 0 Å². The molecule has 0 saturated heterocycles. The first-order chi connectivity index (χ1) is 8.58. The van der Waals surface area contributed by atoms with Crippen molar-refractivity contribution in [3.8, 4) is 5.75 Å². The lowest BCUT2D eigenvalue weighted by Crippen LogP contribution is -1.95. The number of aromatic hydroxyl groups is 1. The number of carbonyl (C=O) groups is 1. The van der Waals surface area contributed by atoms with E-state index in [9.17, 15) is 15.0 Å². The first-order valence-corrected chi connectivity index (χ1v) is 5.36. The Kier molecular flexibility index (Phi) is 3.19. The van der Waals surface area contributed by atoms with Crippen LogP contribution in [0.5, 0.6) is 5.75 Å². The summed E-state index contributed by atoms with van der Waals surface area (Å²) in [5.74, 6) is -0.699. The van der Waals surface area contributed by atoms with E-state index in [1.165, 1.54) is 18.4 Å². The number of ketones is 1. The molecule has 0 radical (unpaired) electrons. The normalized spacial score (nSPS) is 11.5. The summed E-state index contributed by atoms with van der Waals surface area (Å²) in [5, 5.41) is 19.5. The number of rotatable bonds is 3. The van der Waals surface area contributed by atoms with Crippen molar-refractivity contribution >= 4 is 11.5 Å². The summed E-state index contributed by atoms with van der Waals surface area (Å²) >= 11 is 0. The first-order valence-electron chi connectivity index (χ1n) is 5.36. The molecule has 1 aromatic carbocycles. The summed E-state index contributed by atoms with van der Waals surface area (Å²) < 4.78 is 4.91. The van der Waals surface area contributed by atoms with Gasteiger partial charge in [-0.3, -0.25) is 4.79 Å². The third-order valence-electron chi connectivity index (χ3n) is 2.46. The van der Waals surface area contributed by atoms with Crippen LogP contribution in [0.1, 0.15) is 21.7 Å². The summed E-state index contributed by atoms with van der Waals surface area (Å²) in [7, 11) is 0. The third kappa shape index (κ3) is 2.43. The van der Waals surface area contributed by atoms with Crippen LogP contribution in [0.2, 0.25) is 0 Å². The largest absolute Gasteiger partial charge is 0.507 e. The molecule has 0 aliphatic carbocycles. The second-order valence-electron chi connectivity index (χ2n) is 3.89. The maximum absolute atomic E-state index is 11.7. The fraction of sp³-hybridized carbons (Fsp3) is 0.0714. The number of aryl methyl sites for hydroxylation is 1. The van der Waals surface area contributed by atoms with Gasteiger partial charge in [0.2, 0.25) is 5.78 Å². The Labute approximate surface area is 104 Å². The predicted octanol–water partition coefficient (Wildman–Crippen LogP) is 3.08. The second-order valence-corrected chi connectivity index (χ2v) is 3.89. The van der Waals surface area contributed by atoms with Gasteiger partial charge in [0.25, 0.3) is 0 Å². The second kappa shape index (κ2) is 4.79. The molecule has 0 atom stereocenters. The van der Waals surface area contributed by atoms with Gasteiger partial charge in [0.05, 0.1) is 11.8 Å². The predicted molar refractivity (Wildman–Crippen MR) is 66.5 cm³/mol. The molecule has 4 heteroatoms. The van der Waals surface area contributed by atoms with Crippen LogP contribution >= 0.6 is 0 Å². The molecule has 0 saturated carbocycles. The molecule has 0 bridgehead atoms. The van der Waals surface area contributed by atoms with Crippen molar-refractivity contribution in [1.82, 2.24) is 0 Å². The van der Waals surface area contributed by atoms with E-state index in [0.29, 0.717) is 0 Å². The summed E-state index contributed by atoms with van der Waals surface area (Å²) in [6.45, 7) is 1.82. The standard InChI is InChI=1S/C14H12O4/c1-9-4-5-10(11(15)7-9)12(16)8-13(17)14-3-2-6-18-14/h2-8,15-16H,1H3/b12-8+. The van der Waals surface area contributed by atoms with Gasteiger partial charge in [0, 0.05) is 6.08 Å². The first kappa shape index (κ1) is 12.0. The molecule has 2 N–H and O–H groups in total. The Morgan fingerprint density at radius 3 is 2.72 bits per heavy atom. The Bertz CT molecular complexity index is 594. The Balaban J connectivity index is 2.31. The molecule has 1 heterocycles. The van der Waals surface area contributed by atoms with Crippen LogP contribution in [-0.4, -0.2) is 16.0 Å². The van der Waals surface area contributed by atoms with E-state index in [-0.39, 0.29) is 22.8 Å². The van der Waals surface area contributed by atoms with Crippen molar-refractivity contribution in [1.29, 1.82) is 0 Å². The summed E-state index contributed by atoms with van der Waals surface area (Å²) in [4.78, 5) is 11.7. The van der Waals surface area contributed by atoms with E-state index < -0.39 is 5.78 Å². The van der Waals surface area contributed by atoms with Gasteiger partial charge in [-0.2, -0.15) is 0 Å². The number of phenolic OH excluding ortho intramolecular Hbond substituents is 1. The molecule has 0 aliphatic rings. The lowest BCUT2D eigenvalue weighted by molar-refractivity contribution is 0.102. The van der Waals surface area contributed by atoms with E-state index in [4.69, 9.17) is 4.42 Å². The lowest BCUT2D eigenvalue weighted by Gasteiger charge is -2.04. The molecular formula is C14H12O4. The minimum atomic E-state index is -0.461. The number of benzene rings is 1. The molecule has 0 fully saturated rings. The van der Waals surface area contributed by atoms with Gasteiger partial charge in [0.1, 0.15) is 11.5 Å². The molecule has 4 nitrogen and oxygen atoms in total. The quantitative estimate of drug-likeness (QED) is 0.494. The van der Waals surface area contributed by atoms with E-state index in [0.717, 1.165) is 11.6 Å². The Hall–Kier alpha value is -2.49. The minimum absolute atomic E-state index is 0.0732. The number of aliphatic hydroxyl groups excluding tert-OH is 1. The van der Waals surface area contributed by atoms with Crippen molar-refractivity contribution < 1.29 is 19.4 Å². The molecule has 92 valence electrons. The fourth-order valence-electron chi connectivity index (χ4n) is 1.55. The van der Waals surface area contributed by atoms with Crippen molar-refractivity contribution in [3.63, 3.8) is 0 Å². The zero-order valence-corrected chi connectivity index (χ0v) is 9.75. The molecule has 1 aromatic heterocycles. The summed E-state index contributed by atoms with van der Waals surface area (Å²) in [6.07, 6.45) is 2.39. The van der Waals surface area contributed by atoms with Crippen LogP contribution < -0.4 is 0 Å². The highest BCUT2D eigenvalue weighted by atomic mass is 16.3. The van der Waals surface area contributed by atoms with Gasteiger partial charge in [-0.15, -0.1) is 0 Å². The number of phenols is 1. The van der Waals surface area contributed by atoms with Crippen LogP contribution in [0.3, 0.4) is 0 Å². The average Bonchev–Trinajstić information content (AvgIpc) is 2.81. The highest BCUT2D eigenvalue weighted by molar-refractivity contribution is 6.06. The van der Waals surface area contributed by atoms with E-state index in [1.54, 1.807) is 18.2 Å². The number of aliphatic hydroxyl groups is 1. The topological polar surface area (TPSA) is 70.7 Å². The van der Waals surface area contributed by atoms with Crippen LogP contribution in [0, 0.1) is 6.92 Å². The highest BCUT2D eigenvalue weighted by Crippen LogP contribution is 2.24. The maximum atomic E-state index is 11.7. The SMILES string of the molecule is Cc1ccc(/C(O)=C\C(=O)c2ccco2)c(O)c1. The highest BCUT2D eigenvalue weighted by Gasteiger charge is 2.11. The summed E-state index contributed by atoms with van der Waals surface area (Å²) in [5.41, 5.74) is 1.07. The molecule has 0 spiro atoms. The number of hydrogen-bond acceptors (Lipinski definition) is 4. The zero-order chi connectivity index (χ0) is 13.1. The van der Waals surface area contributed by atoms with E-state index >= 15 is 0 Å². The number of furan rings is 1. The minimum Gasteiger partial charge on any atom is -0.507 e. The molecule has 0 amide bonds. The van der Waals surface area contributed by atoms with Crippen molar-refractivity contribution in [2.24, 2.45) is 0 Å². The number of hydrogen-bond donors (Lipinski definition) is 2. The van der Waals surface area contributed by atoms with E-state index in [2.05, 4.69) is 0 Å². The van der Waals surface area contributed by atoms with Crippen molar-refractivity contribution in [3.05, 3.63) is 59.6 Å². The lowest BCUT2D eigenvalue weighted by atomic mass is 10.1. The van der Waals surface area contributed by atoms with Gasteiger partial charge in [-0.05, 0) is 36.8 Å². The fourth-order valence-corrected chi connectivity index (χ4v) is 1.55. The molecular weight excluding hydrogens is 232 g/mol. The van der Waals surface area contributed by atoms with Gasteiger partial charge in [-0.25, -0.2) is 0 Å². The molecule has 0 unspecified atom stereocenters. The van der Waals surface area contributed by atoms with Gasteiger partial charge in [0.15, 0.2) is 5.76 Å².